The van der Waals surface area contributed by atoms with E-state index < -0.39 is 0 Å². The van der Waals surface area contributed by atoms with Crippen molar-refractivity contribution in [2.75, 3.05) is 0 Å². The molecule has 2 aromatic heterocycles. The Bertz CT molecular complexity index is 554. The Morgan fingerprint density at radius 3 is 2.95 bits per heavy atom. The zero-order chi connectivity index (χ0) is 13.2. The number of pyridine rings is 1. The third-order valence-corrected chi connectivity index (χ3v) is 3.69. The number of rotatable bonds is 2. The smallest absolute Gasteiger partial charge is 0.230 e. The van der Waals surface area contributed by atoms with Gasteiger partial charge in [-0.15, -0.1) is 0 Å². The van der Waals surface area contributed by atoms with Crippen LogP contribution in [0.4, 0.5) is 0 Å². The van der Waals surface area contributed by atoms with Gasteiger partial charge >= 0.3 is 0 Å². The Morgan fingerprint density at radius 1 is 1.32 bits per heavy atom. The second-order valence-corrected chi connectivity index (χ2v) is 5.38. The molecule has 3 rings (SSSR count). The van der Waals surface area contributed by atoms with Crippen LogP contribution in [-0.4, -0.2) is 21.2 Å². The van der Waals surface area contributed by atoms with Crippen LogP contribution in [0.25, 0.3) is 11.5 Å². The van der Waals surface area contributed by atoms with E-state index in [-0.39, 0.29) is 12.0 Å². The summed E-state index contributed by atoms with van der Waals surface area (Å²) >= 11 is 5.80. The second kappa shape index (κ2) is 5.27. The zero-order valence-corrected chi connectivity index (χ0v) is 11.2. The molecule has 2 unspecified atom stereocenters. The number of nitrogens with zero attached hydrogens (tertiary/aromatic N) is 3. The van der Waals surface area contributed by atoms with E-state index in [0.29, 0.717) is 22.4 Å². The Morgan fingerprint density at radius 2 is 2.21 bits per heavy atom. The van der Waals surface area contributed by atoms with Crippen LogP contribution in [0.5, 0.6) is 0 Å². The Labute approximate surface area is 116 Å². The molecule has 1 saturated carbocycles. The Kier molecular flexibility index (Phi) is 3.48. The molecule has 0 bridgehead atoms. The fourth-order valence-electron chi connectivity index (χ4n) is 2.47. The minimum atomic E-state index is 0.239. The highest BCUT2D eigenvalue weighted by Crippen LogP contribution is 2.31. The van der Waals surface area contributed by atoms with Crippen molar-refractivity contribution in [1.82, 2.24) is 15.1 Å². The molecule has 1 aliphatic carbocycles. The third-order valence-electron chi connectivity index (χ3n) is 3.46. The van der Waals surface area contributed by atoms with Crippen molar-refractivity contribution in [3.8, 4) is 11.5 Å². The first-order valence-corrected chi connectivity index (χ1v) is 6.81. The molecule has 6 heteroatoms. The second-order valence-electron chi connectivity index (χ2n) is 4.94. The molecule has 1 aliphatic rings. The van der Waals surface area contributed by atoms with Crippen molar-refractivity contribution in [1.29, 1.82) is 0 Å². The van der Waals surface area contributed by atoms with E-state index in [1.807, 2.05) is 0 Å². The van der Waals surface area contributed by atoms with Crippen molar-refractivity contribution >= 4 is 11.6 Å². The highest BCUT2D eigenvalue weighted by molar-refractivity contribution is 6.30. The summed E-state index contributed by atoms with van der Waals surface area (Å²) in [7, 11) is 0. The van der Waals surface area contributed by atoms with Crippen molar-refractivity contribution < 1.29 is 4.52 Å². The minimum Gasteiger partial charge on any atom is -0.339 e. The SMILES string of the molecule is NC1CCCC(c2nc(-c3ccc(Cl)cn3)no2)C1. The fourth-order valence-corrected chi connectivity index (χ4v) is 2.58. The highest BCUT2D eigenvalue weighted by Gasteiger charge is 2.25. The minimum absolute atomic E-state index is 0.239. The molecule has 19 heavy (non-hydrogen) atoms. The molecular weight excluding hydrogens is 264 g/mol. The van der Waals surface area contributed by atoms with Gasteiger partial charge in [0.1, 0.15) is 5.69 Å². The van der Waals surface area contributed by atoms with E-state index >= 15 is 0 Å². The molecule has 0 amide bonds. The molecule has 0 radical (unpaired) electrons. The molecule has 0 aromatic carbocycles. The maximum Gasteiger partial charge on any atom is 0.230 e. The molecule has 0 aliphatic heterocycles. The number of nitrogens with two attached hydrogens (primary N) is 1. The number of hydrogen-bond acceptors (Lipinski definition) is 5. The maximum atomic E-state index is 5.98. The van der Waals surface area contributed by atoms with Gasteiger partial charge in [0.05, 0.1) is 5.02 Å². The number of aromatic nitrogens is 3. The van der Waals surface area contributed by atoms with E-state index in [0.717, 1.165) is 25.7 Å². The van der Waals surface area contributed by atoms with Crippen molar-refractivity contribution in [2.45, 2.75) is 37.6 Å². The molecule has 2 heterocycles. The lowest BCUT2D eigenvalue weighted by Crippen LogP contribution is -2.26. The molecule has 100 valence electrons. The van der Waals surface area contributed by atoms with Gasteiger partial charge in [0.25, 0.3) is 0 Å². The summed E-state index contributed by atoms with van der Waals surface area (Å²) < 4.78 is 5.35. The first-order valence-electron chi connectivity index (χ1n) is 6.43. The van der Waals surface area contributed by atoms with Crippen LogP contribution >= 0.6 is 11.6 Å². The van der Waals surface area contributed by atoms with Gasteiger partial charge in [-0.2, -0.15) is 4.98 Å². The van der Waals surface area contributed by atoms with Crippen LogP contribution in [-0.2, 0) is 0 Å². The summed E-state index contributed by atoms with van der Waals surface area (Å²) in [6.45, 7) is 0. The van der Waals surface area contributed by atoms with E-state index in [9.17, 15) is 0 Å². The molecule has 1 fully saturated rings. The number of hydrogen-bond donors (Lipinski definition) is 1. The molecule has 0 saturated heterocycles. The molecule has 0 spiro atoms. The zero-order valence-electron chi connectivity index (χ0n) is 10.4. The highest BCUT2D eigenvalue weighted by atomic mass is 35.5. The Balaban J connectivity index is 1.81. The van der Waals surface area contributed by atoms with Crippen LogP contribution in [0.1, 0.15) is 37.5 Å². The van der Waals surface area contributed by atoms with Crippen molar-refractivity contribution in [2.24, 2.45) is 5.73 Å². The van der Waals surface area contributed by atoms with Crippen LogP contribution in [0.3, 0.4) is 0 Å². The average molecular weight is 279 g/mol. The Hall–Kier alpha value is -1.46. The summed E-state index contributed by atoms with van der Waals surface area (Å²) in [6.07, 6.45) is 5.74. The summed E-state index contributed by atoms with van der Waals surface area (Å²) in [5, 5.41) is 4.57. The van der Waals surface area contributed by atoms with E-state index in [1.165, 1.54) is 0 Å². The van der Waals surface area contributed by atoms with Gasteiger partial charge in [-0.25, -0.2) is 0 Å². The van der Waals surface area contributed by atoms with Gasteiger partial charge in [-0.05, 0) is 31.4 Å². The molecule has 5 nitrogen and oxygen atoms in total. The van der Waals surface area contributed by atoms with Gasteiger partial charge in [-0.3, -0.25) is 4.98 Å². The van der Waals surface area contributed by atoms with Gasteiger partial charge in [0.2, 0.25) is 11.7 Å². The summed E-state index contributed by atoms with van der Waals surface area (Å²) in [5.41, 5.74) is 6.65. The molecule has 2 atom stereocenters. The topological polar surface area (TPSA) is 77.8 Å². The van der Waals surface area contributed by atoms with E-state index in [4.69, 9.17) is 21.9 Å². The van der Waals surface area contributed by atoms with Gasteiger partial charge < -0.3 is 10.3 Å². The van der Waals surface area contributed by atoms with Crippen LogP contribution in [0, 0.1) is 0 Å². The lowest BCUT2D eigenvalue weighted by atomic mass is 9.86. The van der Waals surface area contributed by atoms with Crippen molar-refractivity contribution in [3.05, 3.63) is 29.2 Å². The molecule has 2 aromatic rings. The summed E-state index contributed by atoms with van der Waals surface area (Å²) in [6, 6.07) is 3.78. The largest absolute Gasteiger partial charge is 0.339 e. The van der Waals surface area contributed by atoms with E-state index in [2.05, 4.69) is 15.1 Å². The van der Waals surface area contributed by atoms with Crippen LogP contribution < -0.4 is 5.73 Å². The summed E-state index contributed by atoms with van der Waals surface area (Å²) in [5.74, 6) is 1.45. The monoisotopic (exact) mass is 278 g/mol. The maximum absolute atomic E-state index is 5.98. The van der Waals surface area contributed by atoms with Crippen molar-refractivity contribution in [3.63, 3.8) is 0 Å². The third kappa shape index (κ3) is 2.77. The van der Waals surface area contributed by atoms with Gasteiger partial charge in [0, 0.05) is 18.2 Å². The lowest BCUT2D eigenvalue weighted by Gasteiger charge is -2.23. The predicted molar refractivity (Wildman–Crippen MR) is 71.7 cm³/mol. The average Bonchev–Trinajstić information content (AvgIpc) is 2.89. The summed E-state index contributed by atoms with van der Waals surface area (Å²) in [4.78, 5) is 8.61. The molecular formula is C13H15ClN4O. The van der Waals surface area contributed by atoms with Crippen LogP contribution in [0.15, 0.2) is 22.9 Å². The first kappa shape index (κ1) is 12.6. The van der Waals surface area contributed by atoms with E-state index in [1.54, 1.807) is 18.3 Å². The predicted octanol–water partition coefficient (Wildman–Crippen LogP) is 2.77. The normalized spacial score (nSPS) is 23.5. The number of halogens is 1. The van der Waals surface area contributed by atoms with Gasteiger partial charge in [0.15, 0.2) is 0 Å². The van der Waals surface area contributed by atoms with Gasteiger partial charge in [-0.1, -0.05) is 23.2 Å². The fraction of sp³-hybridized carbons (Fsp3) is 0.462. The quantitative estimate of drug-likeness (QED) is 0.914. The first-order chi connectivity index (χ1) is 9.22. The lowest BCUT2D eigenvalue weighted by molar-refractivity contribution is 0.299. The molecule has 2 N–H and O–H groups in total. The standard InChI is InChI=1S/C13H15ClN4O/c14-9-4-5-11(16-7-9)12-17-13(19-18-12)8-2-1-3-10(15)6-8/h4-5,7-8,10H,1-3,6,15H2. The van der Waals surface area contributed by atoms with Crippen LogP contribution in [0.2, 0.25) is 5.02 Å².